The summed E-state index contributed by atoms with van der Waals surface area (Å²) in [5.74, 6) is -1.96. The van der Waals surface area contributed by atoms with Crippen LogP contribution in [0.3, 0.4) is 0 Å². The number of aromatic hydroxyl groups is 1. The standard InChI is InChI=1S/C12H9BrN2O4S/c1-5-9(12(18)19)11(20-15-5)14-10(17)7-3-2-6(13)4-8(7)16/h2-4,16H,1H3,(H,14,17)(H,18,19). The van der Waals surface area contributed by atoms with Crippen LogP contribution in [-0.4, -0.2) is 26.5 Å². The van der Waals surface area contributed by atoms with E-state index in [9.17, 15) is 14.7 Å². The lowest BCUT2D eigenvalue weighted by atomic mass is 10.2. The average Bonchev–Trinajstić information content (AvgIpc) is 2.70. The number of carbonyl (C=O) groups excluding carboxylic acids is 1. The summed E-state index contributed by atoms with van der Waals surface area (Å²) in [4.78, 5) is 23.1. The monoisotopic (exact) mass is 356 g/mol. The van der Waals surface area contributed by atoms with Gasteiger partial charge in [-0.25, -0.2) is 4.79 Å². The molecule has 20 heavy (non-hydrogen) atoms. The van der Waals surface area contributed by atoms with E-state index in [-0.39, 0.29) is 21.9 Å². The van der Waals surface area contributed by atoms with Gasteiger partial charge in [-0.15, -0.1) is 0 Å². The quantitative estimate of drug-likeness (QED) is 0.785. The van der Waals surface area contributed by atoms with Crippen molar-refractivity contribution in [1.82, 2.24) is 4.37 Å². The molecular formula is C12H9BrN2O4S. The minimum absolute atomic E-state index is 0.0417. The molecule has 8 heteroatoms. The molecule has 0 unspecified atom stereocenters. The van der Waals surface area contributed by atoms with Gasteiger partial charge < -0.3 is 15.5 Å². The maximum absolute atomic E-state index is 12.0. The number of phenolic OH excluding ortho intramolecular Hbond substituents is 1. The first kappa shape index (κ1) is 14.5. The largest absolute Gasteiger partial charge is 0.507 e. The van der Waals surface area contributed by atoms with E-state index in [0.29, 0.717) is 10.2 Å². The van der Waals surface area contributed by atoms with Gasteiger partial charge in [-0.1, -0.05) is 15.9 Å². The molecular weight excluding hydrogens is 348 g/mol. The van der Waals surface area contributed by atoms with Gasteiger partial charge in [0.15, 0.2) is 0 Å². The summed E-state index contributed by atoms with van der Waals surface area (Å²) in [6.07, 6.45) is 0. The number of carboxylic acid groups (broad SMARTS) is 1. The van der Waals surface area contributed by atoms with Gasteiger partial charge in [0.1, 0.15) is 16.3 Å². The van der Waals surface area contributed by atoms with Crippen molar-refractivity contribution < 1.29 is 19.8 Å². The molecule has 0 radical (unpaired) electrons. The summed E-state index contributed by atoms with van der Waals surface area (Å²) < 4.78 is 4.53. The van der Waals surface area contributed by atoms with Gasteiger partial charge in [-0.2, -0.15) is 4.37 Å². The third kappa shape index (κ3) is 2.81. The first-order valence-electron chi connectivity index (χ1n) is 5.39. The SMILES string of the molecule is Cc1nsc(NC(=O)c2ccc(Br)cc2O)c1C(=O)O. The molecule has 0 aliphatic heterocycles. The van der Waals surface area contributed by atoms with Crippen LogP contribution in [0.2, 0.25) is 0 Å². The van der Waals surface area contributed by atoms with Crippen LogP contribution in [0.1, 0.15) is 26.4 Å². The number of hydrogen-bond acceptors (Lipinski definition) is 5. The number of benzene rings is 1. The zero-order valence-corrected chi connectivity index (χ0v) is 12.6. The van der Waals surface area contributed by atoms with Crippen LogP contribution in [0.25, 0.3) is 0 Å². The van der Waals surface area contributed by atoms with Crippen LogP contribution in [0, 0.1) is 6.92 Å². The predicted octanol–water partition coefficient (Wildman–Crippen LogP) is 2.87. The number of amides is 1. The minimum atomic E-state index is -1.16. The fraction of sp³-hybridized carbons (Fsp3) is 0.0833. The normalized spacial score (nSPS) is 10.3. The van der Waals surface area contributed by atoms with Crippen molar-refractivity contribution in [3.05, 3.63) is 39.5 Å². The number of carbonyl (C=O) groups is 2. The highest BCUT2D eigenvalue weighted by Crippen LogP contribution is 2.27. The lowest BCUT2D eigenvalue weighted by molar-refractivity contribution is 0.0697. The molecule has 0 fully saturated rings. The van der Waals surface area contributed by atoms with Crippen LogP contribution in [-0.2, 0) is 0 Å². The lowest BCUT2D eigenvalue weighted by Crippen LogP contribution is -2.13. The first-order chi connectivity index (χ1) is 9.40. The van der Waals surface area contributed by atoms with E-state index < -0.39 is 11.9 Å². The molecule has 1 aromatic carbocycles. The van der Waals surface area contributed by atoms with Crippen molar-refractivity contribution in [3.8, 4) is 5.75 Å². The molecule has 1 amide bonds. The van der Waals surface area contributed by atoms with Crippen molar-refractivity contribution in [2.75, 3.05) is 5.32 Å². The number of aromatic nitrogens is 1. The van der Waals surface area contributed by atoms with Crippen molar-refractivity contribution in [1.29, 1.82) is 0 Å². The maximum Gasteiger partial charge on any atom is 0.340 e. The van der Waals surface area contributed by atoms with E-state index in [2.05, 4.69) is 25.6 Å². The minimum Gasteiger partial charge on any atom is -0.507 e. The Hall–Kier alpha value is -1.93. The molecule has 0 atom stereocenters. The summed E-state index contributed by atoms with van der Waals surface area (Å²) in [7, 11) is 0. The third-order valence-corrected chi connectivity index (χ3v) is 3.86. The Kier molecular flexibility index (Phi) is 4.05. The zero-order chi connectivity index (χ0) is 14.9. The predicted molar refractivity (Wildman–Crippen MR) is 77.6 cm³/mol. The Morgan fingerprint density at radius 3 is 2.70 bits per heavy atom. The number of hydrogen-bond donors (Lipinski definition) is 3. The molecule has 0 bridgehead atoms. The van der Waals surface area contributed by atoms with Gasteiger partial charge in [-0.05, 0) is 36.7 Å². The van der Waals surface area contributed by atoms with Crippen LogP contribution < -0.4 is 5.32 Å². The van der Waals surface area contributed by atoms with Crippen LogP contribution in [0.4, 0.5) is 5.00 Å². The molecule has 6 nitrogen and oxygen atoms in total. The fourth-order valence-electron chi connectivity index (χ4n) is 1.57. The zero-order valence-electron chi connectivity index (χ0n) is 10.2. The molecule has 0 saturated carbocycles. The number of rotatable bonds is 3. The lowest BCUT2D eigenvalue weighted by Gasteiger charge is -2.06. The molecule has 1 aromatic heterocycles. The number of aryl methyl sites for hydroxylation is 1. The van der Waals surface area contributed by atoms with Gasteiger partial charge >= 0.3 is 5.97 Å². The number of nitrogens with one attached hydrogen (secondary N) is 1. The van der Waals surface area contributed by atoms with E-state index in [1.54, 1.807) is 13.0 Å². The van der Waals surface area contributed by atoms with E-state index in [4.69, 9.17) is 5.11 Å². The van der Waals surface area contributed by atoms with Crippen molar-refractivity contribution >= 4 is 44.3 Å². The fourth-order valence-corrected chi connectivity index (χ4v) is 2.71. The number of halogens is 1. The Balaban J connectivity index is 2.31. The first-order valence-corrected chi connectivity index (χ1v) is 6.96. The average molecular weight is 357 g/mol. The highest BCUT2D eigenvalue weighted by Gasteiger charge is 2.20. The Labute approximate surface area is 126 Å². The topological polar surface area (TPSA) is 99.5 Å². The summed E-state index contributed by atoms with van der Waals surface area (Å²) in [5, 5.41) is 21.4. The molecule has 2 aromatic rings. The summed E-state index contributed by atoms with van der Waals surface area (Å²) >= 11 is 4.05. The van der Waals surface area contributed by atoms with E-state index in [1.807, 2.05) is 0 Å². The number of anilines is 1. The number of phenols is 1. The van der Waals surface area contributed by atoms with Gasteiger partial charge in [-0.3, -0.25) is 4.79 Å². The molecule has 0 aliphatic carbocycles. The van der Waals surface area contributed by atoms with E-state index in [1.165, 1.54) is 12.1 Å². The van der Waals surface area contributed by atoms with Crippen LogP contribution in [0.5, 0.6) is 5.75 Å². The molecule has 104 valence electrons. The Morgan fingerprint density at radius 2 is 2.10 bits per heavy atom. The molecule has 2 rings (SSSR count). The van der Waals surface area contributed by atoms with Crippen LogP contribution in [0.15, 0.2) is 22.7 Å². The van der Waals surface area contributed by atoms with Crippen LogP contribution >= 0.6 is 27.5 Å². The second-order valence-electron chi connectivity index (χ2n) is 3.89. The molecule has 1 heterocycles. The van der Waals surface area contributed by atoms with Crippen molar-refractivity contribution in [2.24, 2.45) is 0 Å². The second kappa shape index (κ2) is 5.59. The summed E-state index contributed by atoms with van der Waals surface area (Å²) in [6, 6.07) is 4.42. The second-order valence-corrected chi connectivity index (χ2v) is 5.58. The Bertz CT molecular complexity index is 699. The number of aromatic carboxylic acids is 1. The molecule has 0 aliphatic rings. The van der Waals surface area contributed by atoms with Crippen molar-refractivity contribution in [3.63, 3.8) is 0 Å². The van der Waals surface area contributed by atoms with Gasteiger partial charge in [0.25, 0.3) is 5.91 Å². The van der Waals surface area contributed by atoms with Crippen molar-refractivity contribution in [2.45, 2.75) is 6.92 Å². The van der Waals surface area contributed by atoms with E-state index in [0.717, 1.165) is 11.5 Å². The molecule has 0 saturated heterocycles. The molecule has 0 spiro atoms. The highest BCUT2D eigenvalue weighted by atomic mass is 79.9. The maximum atomic E-state index is 12.0. The summed E-state index contributed by atoms with van der Waals surface area (Å²) in [6.45, 7) is 1.55. The summed E-state index contributed by atoms with van der Waals surface area (Å²) in [5.41, 5.74) is 0.341. The third-order valence-electron chi connectivity index (χ3n) is 2.51. The van der Waals surface area contributed by atoms with Gasteiger partial charge in [0, 0.05) is 4.47 Å². The van der Waals surface area contributed by atoms with E-state index >= 15 is 0 Å². The molecule has 3 N–H and O–H groups in total. The highest BCUT2D eigenvalue weighted by molar-refractivity contribution is 9.10. The Morgan fingerprint density at radius 1 is 1.40 bits per heavy atom. The van der Waals surface area contributed by atoms with Gasteiger partial charge in [0.2, 0.25) is 0 Å². The smallest absolute Gasteiger partial charge is 0.340 e. The van der Waals surface area contributed by atoms with Gasteiger partial charge in [0.05, 0.1) is 11.3 Å². The number of nitrogens with zero attached hydrogens (tertiary/aromatic N) is 1. The number of carboxylic acids is 1.